The van der Waals surface area contributed by atoms with E-state index in [9.17, 15) is 27.2 Å². The van der Waals surface area contributed by atoms with Gasteiger partial charge >= 0.3 is 6.18 Å². The summed E-state index contributed by atoms with van der Waals surface area (Å²) in [6, 6.07) is 11.3. The normalized spacial score (nSPS) is 11.3. The van der Waals surface area contributed by atoms with Crippen molar-refractivity contribution in [2.45, 2.75) is 19.5 Å². The maximum absolute atomic E-state index is 13.4. The summed E-state index contributed by atoms with van der Waals surface area (Å²) in [5.74, 6) is -0.738. The summed E-state index contributed by atoms with van der Waals surface area (Å²) in [6.45, 7) is 1.78. The molecular formula is C22H19F4N3O3. The molecule has 0 fully saturated rings. The van der Waals surface area contributed by atoms with Crippen LogP contribution in [0.2, 0.25) is 0 Å². The fourth-order valence-corrected chi connectivity index (χ4v) is 2.93. The molecule has 1 N–H and O–H groups in total. The molecule has 1 amide bonds. The van der Waals surface area contributed by atoms with Gasteiger partial charge in [-0.1, -0.05) is 12.1 Å². The number of halogens is 4. The maximum Gasteiger partial charge on any atom is 0.418 e. The van der Waals surface area contributed by atoms with Gasteiger partial charge in [0.05, 0.1) is 17.9 Å². The molecule has 168 valence electrons. The zero-order valence-electron chi connectivity index (χ0n) is 16.9. The molecule has 0 atom stereocenters. The van der Waals surface area contributed by atoms with Crippen molar-refractivity contribution >= 4 is 5.91 Å². The van der Waals surface area contributed by atoms with Gasteiger partial charge in [0.25, 0.3) is 5.91 Å². The van der Waals surface area contributed by atoms with Gasteiger partial charge in [0, 0.05) is 18.3 Å². The Balaban J connectivity index is 1.70. The zero-order valence-corrected chi connectivity index (χ0v) is 16.9. The Kier molecular flexibility index (Phi) is 6.92. The Hall–Kier alpha value is -3.69. The first kappa shape index (κ1) is 23.0. The highest BCUT2D eigenvalue weighted by Gasteiger charge is 2.34. The van der Waals surface area contributed by atoms with E-state index in [0.29, 0.717) is 12.2 Å². The minimum atomic E-state index is -4.64. The number of ether oxygens (including phenoxy) is 1. The van der Waals surface area contributed by atoms with Crippen molar-refractivity contribution in [3.63, 3.8) is 0 Å². The molecule has 0 unspecified atom stereocenters. The number of para-hydroxylation sites is 1. The van der Waals surface area contributed by atoms with Crippen LogP contribution >= 0.6 is 0 Å². The lowest BCUT2D eigenvalue weighted by atomic mass is 10.1. The third kappa shape index (κ3) is 5.51. The molecule has 0 saturated heterocycles. The number of nitrogens with zero attached hydrogens (tertiary/aromatic N) is 2. The molecule has 3 rings (SSSR count). The highest BCUT2D eigenvalue weighted by Crippen LogP contribution is 2.33. The molecular weight excluding hydrogens is 430 g/mol. The number of hydrogen-bond acceptors (Lipinski definition) is 4. The lowest BCUT2D eigenvalue weighted by molar-refractivity contribution is -0.137. The molecule has 0 radical (unpaired) electrons. The Morgan fingerprint density at radius 3 is 2.50 bits per heavy atom. The molecule has 1 aromatic heterocycles. The first-order valence-electron chi connectivity index (χ1n) is 9.61. The summed E-state index contributed by atoms with van der Waals surface area (Å²) in [7, 11) is 0. The standard InChI is InChI=1S/C22H19F4N3O3/c1-14-13-19(30)20(28-29(14)18-6-3-2-5-17(18)22(24,25)26)21(31)27-11-4-12-32-16-9-7-15(23)8-10-16/h2-3,5-10,13H,4,11-12H2,1H3,(H,27,31). The fraction of sp³-hybridized carbons (Fsp3) is 0.227. The van der Waals surface area contributed by atoms with Gasteiger partial charge in [-0.3, -0.25) is 9.59 Å². The van der Waals surface area contributed by atoms with Crippen molar-refractivity contribution in [1.82, 2.24) is 15.1 Å². The quantitative estimate of drug-likeness (QED) is 0.439. The van der Waals surface area contributed by atoms with Gasteiger partial charge in [-0.25, -0.2) is 9.07 Å². The lowest BCUT2D eigenvalue weighted by Gasteiger charge is -2.16. The molecule has 6 nitrogen and oxygen atoms in total. The molecule has 0 aliphatic rings. The molecule has 0 spiro atoms. The third-order valence-corrected chi connectivity index (χ3v) is 4.45. The second kappa shape index (κ2) is 9.63. The molecule has 1 heterocycles. The number of aromatic nitrogens is 2. The van der Waals surface area contributed by atoms with Gasteiger partial charge in [-0.15, -0.1) is 0 Å². The molecule has 0 aliphatic heterocycles. The predicted octanol–water partition coefficient (Wildman–Crippen LogP) is 3.90. The number of carbonyl (C=O) groups excluding carboxylic acids is 1. The smallest absolute Gasteiger partial charge is 0.418 e. The van der Waals surface area contributed by atoms with Crippen LogP contribution in [0.1, 0.15) is 28.2 Å². The average molecular weight is 449 g/mol. The van der Waals surface area contributed by atoms with E-state index in [2.05, 4.69) is 10.4 Å². The van der Waals surface area contributed by atoms with E-state index in [1.165, 1.54) is 49.4 Å². The van der Waals surface area contributed by atoms with Crippen molar-refractivity contribution in [3.05, 3.63) is 87.6 Å². The molecule has 2 aromatic carbocycles. The second-order valence-electron chi connectivity index (χ2n) is 6.84. The molecule has 0 saturated carbocycles. The van der Waals surface area contributed by atoms with Gasteiger partial charge < -0.3 is 10.1 Å². The van der Waals surface area contributed by atoms with E-state index < -0.39 is 34.6 Å². The molecule has 32 heavy (non-hydrogen) atoms. The second-order valence-corrected chi connectivity index (χ2v) is 6.84. The number of hydrogen-bond donors (Lipinski definition) is 1. The van der Waals surface area contributed by atoms with Gasteiger partial charge in [-0.2, -0.15) is 18.3 Å². The Bertz CT molecular complexity index is 1160. The average Bonchev–Trinajstić information content (AvgIpc) is 2.74. The van der Waals surface area contributed by atoms with E-state index in [4.69, 9.17) is 4.74 Å². The van der Waals surface area contributed by atoms with Gasteiger partial charge in [-0.05, 0) is 49.7 Å². The predicted molar refractivity (Wildman–Crippen MR) is 108 cm³/mol. The summed E-state index contributed by atoms with van der Waals surface area (Å²) in [4.78, 5) is 24.7. The van der Waals surface area contributed by atoms with Crippen molar-refractivity contribution < 1.29 is 27.1 Å². The minimum Gasteiger partial charge on any atom is -0.494 e. The first-order chi connectivity index (χ1) is 15.2. The Morgan fingerprint density at radius 1 is 1.12 bits per heavy atom. The van der Waals surface area contributed by atoms with Crippen LogP contribution in [0.25, 0.3) is 5.69 Å². The number of aryl methyl sites for hydroxylation is 1. The SMILES string of the molecule is Cc1cc(=O)c(C(=O)NCCCOc2ccc(F)cc2)nn1-c1ccccc1C(F)(F)F. The van der Waals surface area contributed by atoms with E-state index in [1.807, 2.05) is 0 Å². The molecule has 0 aliphatic carbocycles. The summed E-state index contributed by atoms with van der Waals surface area (Å²) in [6.07, 6.45) is -4.26. The summed E-state index contributed by atoms with van der Waals surface area (Å²) < 4.78 is 59.3. The van der Waals surface area contributed by atoms with Gasteiger partial charge in [0.1, 0.15) is 11.6 Å². The van der Waals surface area contributed by atoms with Crippen LogP contribution in [0.15, 0.2) is 59.4 Å². The fourth-order valence-electron chi connectivity index (χ4n) is 2.93. The van der Waals surface area contributed by atoms with Crippen LogP contribution in [-0.4, -0.2) is 28.8 Å². The van der Waals surface area contributed by atoms with E-state index in [1.54, 1.807) is 0 Å². The van der Waals surface area contributed by atoms with Crippen molar-refractivity contribution in [3.8, 4) is 11.4 Å². The van der Waals surface area contributed by atoms with E-state index in [-0.39, 0.29) is 24.5 Å². The van der Waals surface area contributed by atoms with E-state index in [0.717, 1.165) is 16.8 Å². The van der Waals surface area contributed by atoms with Gasteiger partial charge in [0.15, 0.2) is 5.69 Å². The number of rotatable bonds is 7. The van der Waals surface area contributed by atoms with Crippen LogP contribution in [0.5, 0.6) is 5.75 Å². The van der Waals surface area contributed by atoms with Crippen LogP contribution in [0.3, 0.4) is 0 Å². The van der Waals surface area contributed by atoms with Crippen LogP contribution in [0, 0.1) is 12.7 Å². The number of benzene rings is 2. The highest BCUT2D eigenvalue weighted by molar-refractivity contribution is 5.92. The molecule has 3 aromatic rings. The molecule has 10 heteroatoms. The summed E-state index contributed by atoms with van der Waals surface area (Å²) >= 11 is 0. The zero-order chi connectivity index (χ0) is 23.3. The Labute approximate surface area is 180 Å². The lowest BCUT2D eigenvalue weighted by Crippen LogP contribution is -2.33. The maximum atomic E-state index is 13.4. The number of carbonyl (C=O) groups is 1. The largest absolute Gasteiger partial charge is 0.494 e. The number of nitrogens with one attached hydrogen (secondary N) is 1. The van der Waals surface area contributed by atoms with Crippen molar-refractivity contribution in [1.29, 1.82) is 0 Å². The Morgan fingerprint density at radius 2 is 1.81 bits per heavy atom. The topological polar surface area (TPSA) is 73.2 Å². The number of alkyl halides is 3. The summed E-state index contributed by atoms with van der Waals surface area (Å²) in [5, 5.41) is 6.40. The third-order valence-electron chi connectivity index (χ3n) is 4.45. The minimum absolute atomic E-state index is 0.133. The first-order valence-corrected chi connectivity index (χ1v) is 9.61. The van der Waals surface area contributed by atoms with Crippen molar-refractivity contribution in [2.75, 3.05) is 13.2 Å². The monoisotopic (exact) mass is 449 g/mol. The highest BCUT2D eigenvalue weighted by atomic mass is 19.4. The van der Waals surface area contributed by atoms with E-state index >= 15 is 0 Å². The van der Waals surface area contributed by atoms with Crippen LogP contribution in [-0.2, 0) is 6.18 Å². The van der Waals surface area contributed by atoms with Crippen LogP contribution < -0.4 is 15.5 Å². The molecule has 0 bridgehead atoms. The van der Waals surface area contributed by atoms with Crippen molar-refractivity contribution in [2.24, 2.45) is 0 Å². The summed E-state index contributed by atoms with van der Waals surface area (Å²) in [5.41, 5.74) is -2.31. The van der Waals surface area contributed by atoms with Gasteiger partial charge in [0.2, 0.25) is 5.43 Å². The number of amides is 1. The van der Waals surface area contributed by atoms with Crippen LogP contribution in [0.4, 0.5) is 17.6 Å².